The highest BCUT2D eigenvalue weighted by Gasteiger charge is 2.20. The lowest BCUT2D eigenvalue weighted by atomic mass is 10.0. The van der Waals surface area contributed by atoms with Gasteiger partial charge in [-0.05, 0) is 55.3 Å². The van der Waals surface area contributed by atoms with Crippen LogP contribution in [-0.2, 0) is 16.1 Å². The molecule has 0 aliphatic heterocycles. The van der Waals surface area contributed by atoms with Crippen molar-refractivity contribution in [2.75, 3.05) is 7.11 Å². The number of ether oxygens (including phenoxy) is 1. The molecule has 1 heterocycles. The van der Waals surface area contributed by atoms with Gasteiger partial charge in [-0.2, -0.15) is 5.10 Å². The number of aromatic nitrogens is 2. The van der Waals surface area contributed by atoms with Crippen molar-refractivity contribution in [1.29, 1.82) is 0 Å². The predicted molar refractivity (Wildman–Crippen MR) is 118 cm³/mol. The van der Waals surface area contributed by atoms with Gasteiger partial charge in [0.2, 0.25) is 0 Å². The SMILES string of the molecule is COC(=O)CC(NC(=O)c1cccc(Cn2nc(C)cc2C)c1)c1ccc(Br)cc1. The molecule has 1 atom stereocenters. The highest BCUT2D eigenvalue weighted by atomic mass is 79.9. The standard InChI is InChI=1S/C23H24BrN3O3/c1-15-11-16(2)27(26-15)14-17-5-4-6-19(12-17)23(29)25-21(13-22(28)30-3)18-7-9-20(24)10-8-18/h4-12,21H,13-14H2,1-3H3,(H,25,29). The largest absolute Gasteiger partial charge is 0.469 e. The molecule has 1 N–H and O–H groups in total. The Labute approximate surface area is 184 Å². The zero-order valence-corrected chi connectivity index (χ0v) is 18.8. The lowest BCUT2D eigenvalue weighted by Crippen LogP contribution is -2.30. The monoisotopic (exact) mass is 469 g/mol. The summed E-state index contributed by atoms with van der Waals surface area (Å²) in [6.07, 6.45) is 0.0509. The number of nitrogens with one attached hydrogen (secondary N) is 1. The van der Waals surface area contributed by atoms with Crippen LogP contribution in [0.4, 0.5) is 0 Å². The third-order valence-corrected chi connectivity index (χ3v) is 5.33. The van der Waals surface area contributed by atoms with Crippen molar-refractivity contribution in [3.63, 3.8) is 0 Å². The van der Waals surface area contributed by atoms with Crippen LogP contribution in [0.1, 0.15) is 45.3 Å². The number of hydrogen-bond acceptors (Lipinski definition) is 4. The second-order valence-corrected chi connectivity index (χ2v) is 8.06. The molecule has 3 aromatic rings. The van der Waals surface area contributed by atoms with Gasteiger partial charge in [-0.1, -0.05) is 40.2 Å². The van der Waals surface area contributed by atoms with Gasteiger partial charge in [0.1, 0.15) is 0 Å². The average Bonchev–Trinajstić information content (AvgIpc) is 3.04. The number of carbonyl (C=O) groups is 2. The zero-order valence-electron chi connectivity index (χ0n) is 17.2. The van der Waals surface area contributed by atoms with Gasteiger partial charge in [-0.25, -0.2) is 0 Å². The van der Waals surface area contributed by atoms with Crippen LogP contribution in [0.2, 0.25) is 0 Å². The van der Waals surface area contributed by atoms with Crippen molar-refractivity contribution in [2.24, 2.45) is 0 Å². The first-order chi connectivity index (χ1) is 14.4. The van der Waals surface area contributed by atoms with Gasteiger partial charge in [-0.15, -0.1) is 0 Å². The minimum absolute atomic E-state index is 0.0509. The molecular formula is C23H24BrN3O3. The van der Waals surface area contributed by atoms with Crippen LogP contribution in [0.5, 0.6) is 0 Å². The summed E-state index contributed by atoms with van der Waals surface area (Å²) in [4.78, 5) is 24.8. The Kier molecular flexibility index (Phi) is 7.05. The van der Waals surface area contributed by atoms with Crippen LogP contribution in [0.15, 0.2) is 59.1 Å². The number of carbonyl (C=O) groups excluding carboxylic acids is 2. The number of methoxy groups -OCH3 is 1. The summed E-state index contributed by atoms with van der Waals surface area (Å²) in [5.41, 5.74) is 4.36. The molecule has 30 heavy (non-hydrogen) atoms. The van der Waals surface area contributed by atoms with E-state index >= 15 is 0 Å². The number of hydrogen-bond donors (Lipinski definition) is 1. The summed E-state index contributed by atoms with van der Waals surface area (Å²) in [6.45, 7) is 4.54. The molecule has 0 saturated carbocycles. The van der Waals surface area contributed by atoms with E-state index in [9.17, 15) is 9.59 Å². The van der Waals surface area contributed by atoms with Gasteiger partial charge in [0, 0.05) is 15.7 Å². The van der Waals surface area contributed by atoms with Crippen molar-refractivity contribution in [3.05, 3.63) is 87.1 Å². The Balaban J connectivity index is 1.78. The van der Waals surface area contributed by atoms with Crippen LogP contribution >= 0.6 is 15.9 Å². The van der Waals surface area contributed by atoms with Gasteiger partial charge >= 0.3 is 5.97 Å². The Morgan fingerprint density at radius 3 is 2.50 bits per heavy atom. The third-order valence-electron chi connectivity index (χ3n) is 4.80. The number of benzene rings is 2. The van der Waals surface area contributed by atoms with Crippen LogP contribution < -0.4 is 5.32 Å². The van der Waals surface area contributed by atoms with Gasteiger partial charge in [0.25, 0.3) is 5.91 Å². The molecule has 0 saturated heterocycles. The number of amides is 1. The molecule has 0 radical (unpaired) electrons. The Morgan fingerprint density at radius 2 is 1.87 bits per heavy atom. The smallest absolute Gasteiger partial charge is 0.307 e. The normalized spacial score (nSPS) is 11.7. The number of esters is 1. The zero-order chi connectivity index (χ0) is 21.7. The van der Waals surface area contributed by atoms with Gasteiger partial charge in [0.15, 0.2) is 0 Å². The second-order valence-electron chi connectivity index (χ2n) is 7.14. The first-order valence-corrected chi connectivity index (χ1v) is 10.4. The topological polar surface area (TPSA) is 73.2 Å². The maximum absolute atomic E-state index is 12.9. The first kappa shape index (κ1) is 21.8. The molecule has 0 fully saturated rings. The summed E-state index contributed by atoms with van der Waals surface area (Å²) in [6, 6.07) is 16.5. The Hall–Kier alpha value is -2.93. The van der Waals surface area contributed by atoms with E-state index in [-0.39, 0.29) is 18.3 Å². The van der Waals surface area contributed by atoms with E-state index in [1.807, 2.05) is 67.1 Å². The maximum atomic E-state index is 12.9. The van der Waals surface area contributed by atoms with Crippen LogP contribution in [0.3, 0.4) is 0 Å². The Bertz CT molecular complexity index is 1040. The van der Waals surface area contributed by atoms with E-state index in [0.29, 0.717) is 12.1 Å². The van der Waals surface area contributed by atoms with Gasteiger partial charge in [-0.3, -0.25) is 14.3 Å². The van der Waals surface area contributed by atoms with Gasteiger partial charge < -0.3 is 10.1 Å². The van der Waals surface area contributed by atoms with E-state index in [0.717, 1.165) is 27.0 Å². The summed E-state index contributed by atoms with van der Waals surface area (Å²) in [5, 5.41) is 7.44. The van der Waals surface area contributed by atoms with Crippen LogP contribution in [-0.4, -0.2) is 28.8 Å². The fraction of sp³-hybridized carbons (Fsp3) is 0.261. The minimum atomic E-state index is -0.488. The molecule has 0 spiro atoms. The molecule has 2 aromatic carbocycles. The van der Waals surface area contributed by atoms with Crippen molar-refractivity contribution in [3.8, 4) is 0 Å². The van der Waals surface area contributed by atoms with Crippen molar-refractivity contribution < 1.29 is 14.3 Å². The Morgan fingerprint density at radius 1 is 1.13 bits per heavy atom. The summed E-state index contributed by atoms with van der Waals surface area (Å²) >= 11 is 3.40. The molecule has 1 amide bonds. The molecule has 0 bridgehead atoms. The van der Waals surface area contributed by atoms with Crippen molar-refractivity contribution >= 4 is 27.8 Å². The maximum Gasteiger partial charge on any atom is 0.307 e. The number of aryl methyl sites for hydroxylation is 2. The number of rotatable bonds is 7. The number of halogens is 1. The van der Waals surface area contributed by atoms with E-state index in [1.54, 1.807) is 6.07 Å². The van der Waals surface area contributed by atoms with E-state index < -0.39 is 6.04 Å². The molecular weight excluding hydrogens is 446 g/mol. The van der Waals surface area contributed by atoms with Crippen LogP contribution in [0.25, 0.3) is 0 Å². The molecule has 0 aliphatic rings. The van der Waals surface area contributed by atoms with E-state index in [4.69, 9.17) is 4.74 Å². The first-order valence-electron chi connectivity index (χ1n) is 9.59. The molecule has 1 unspecified atom stereocenters. The summed E-state index contributed by atoms with van der Waals surface area (Å²) < 4.78 is 7.64. The molecule has 6 nitrogen and oxygen atoms in total. The molecule has 156 valence electrons. The second kappa shape index (κ2) is 9.71. The van der Waals surface area contributed by atoms with E-state index in [2.05, 4.69) is 26.3 Å². The van der Waals surface area contributed by atoms with Crippen molar-refractivity contribution in [1.82, 2.24) is 15.1 Å². The number of nitrogens with zero attached hydrogens (tertiary/aromatic N) is 2. The average molecular weight is 470 g/mol. The fourth-order valence-corrected chi connectivity index (χ4v) is 3.52. The lowest BCUT2D eigenvalue weighted by Gasteiger charge is -2.19. The quantitative estimate of drug-likeness (QED) is 0.522. The molecule has 7 heteroatoms. The highest BCUT2D eigenvalue weighted by molar-refractivity contribution is 9.10. The summed E-state index contributed by atoms with van der Waals surface area (Å²) in [5.74, 6) is -0.636. The third kappa shape index (κ3) is 5.57. The predicted octanol–water partition coefficient (Wildman–Crippen LogP) is 4.34. The van der Waals surface area contributed by atoms with E-state index in [1.165, 1.54) is 7.11 Å². The minimum Gasteiger partial charge on any atom is -0.469 e. The molecule has 3 rings (SSSR count). The van der Waals surface area contributed by atoms with Crippen LogP contribution in [0, 0.1) is 13.8 Å². The van der Waals surface area contributed by atoms with Crippen molar-refractivity contribution in [2.45, 2.75) is 32.9 Å². The highest BCUT2D eigenvalue weighted by Crippen LogP contribution is 2.21. The summed E-state index contributed by atoms with van der Waals surface area (Å²) in [7, 11) is 1.34. The molecule has 1 aromatic heterocycles. The molecule has 0 aliphatic carbocycles. The van der Waals surface area contributed by atoms with Gasteiger partial charge in [0.05, 0.1) is 31.8 Å². The fourth-order valence-electron chi connectivity index (χ4n) is 3.26. The lowest BCUT2D eigenvalue weighted by molar-refractivity contribution is -0.141.